The summed E-state index contributed by atoms with van der Waals surface area (Å²) in [5, 5.41) is 8.35. The van der Waals surface area contributed by atoms with Crippen LogP contribution in [0, 0.1) is 6.92 Å². The van der Waals surface area contributed by atoms with Crippen LogP contribution in [0.5, 0.6) is 5.75 Å². The monoisotopic (exact) mass is 381 g/mol. The van der Waals surface area contributed by atoms with Gasteiger partial charge in [-0.2, -0.15) is 0 Å². The van der Waals surface area contributed by atoms with Gasteiger partial charge in [-0.05, 0) is 36.2 Å². The number of hydrogen-bond acceptors (Lipinski definition) is 4. The van der Waals surface area contributed by atoms with E-state index < -0.39 is 5.91 Å². The number of carbonyl (C=O) groups excluding carboxylic acids is 2. The molecule has 0 fully saturated rings. The van der Waals surface area contributed by atoms with Crippen LogP contribution in [0.3, 0.4) is 0 Å². The van der Waals surface area contributed by atoms with Gasteiger partial charge in [0.2, 0.25) is 0 Å². The van der Waals surface area contributed by atoms with E-state index in [-0.39, 0.29) is 18.1 Å². The molecule has 3 rings (SSSR count). The van der Waals surface area contributed by atoms with Crippen LogP contribution in [0.2, 0.25) is 0 Å². The van der Waals surface area contributed by atoms with Crippen LogP contribution in [0.4, 0.5) is 5.69 Å². The van der Waals surface area contributed by atoms with Crippen molar-refractivity contribution in [3.05, 3.63) is 71.4 Å². The first-order valence-corrected chi connectivity index (χ1v) is 8.74. The Morgan fingerprint density at radius 1 is 1.26 bits per heavy atom. The van der Waals surface area contributed by atoms with Gasteiger partial charge in [-0.15, -0.1) is 0 Å². The zero-order chi connectivity index (χ0) is 19.4. The third kappa shape index (κ3) is 4.51. The van der Waals surface area contributed by atoms with Crippen LogP contribution in [-0.4, -0.2) is 23.4 Å². The number of ether oxygens (including phenoxy) is 1. The fourth-order valence-electron chi connectivity index (χ4n) is 2.62. The van der Waals surface area contributed by atoms with Gasteiger partial charge in [0.25, 0.3) is 11.8 Å². The zero-order valence-electron chi connectivity index (χ0n) is 14.8. The van der Waals surface area contributed by atoms with Crippen molar-refractivity contribution in [3.8, 4) is 5.75 Å². The van der Waals surface area contributed by atoms with Gasteiger partial charge in [0.15, 0.2) is 0 Å². The van der Waals surface area contributed by atoms with Crippen molar-refractivity contribution in [1.82, 2.24) is 10.6 Å². The largest absolute Gasteiger partial charge is 0.484 e. The van der Waals surface area contributed by atoms with E-state index in [2.05, 4.69) is 22.5 Å². The summed E-state index contributed by atoms with van der Waals surface area (Å²) in [6.07, 6.45) is 0. The van der Waals surface area contributed by atoms with Crippen LogP contribution in [0.1, 0.15) is 21.5 Å². The number of anilines is 1. The molecule has 0 bridgehead atoms. The van der Waals surface area contributed by atoms with E-state index in [1.807, 2.05) is 37.3 Å². The van der Waals surface area contributed by atoms with Gasteiger partial charge in [-0.1, -0.05) is 43.1 Å². The van der Waals surface area contributed by atoms with Crippen molar-refractivity contribution in [3.63, 3.8) is 0 Å². The minimum absolute atomic E-state index is 0.0103. The van der Waals surface area contributed by atoms with Crippen LogP contribution in [-0.2, 0) is 11.3 Å². The molecule has 0 aliphatic carbocycles. The topological polar surface area (TPSA) is 79.5 Å². The van der Waals surface area contributed by atoms with Crippen LogP contribution in [0.25, 0.3) is 0 Å². The van der Waals surface area contributed by atoms with Gasteiger partial charge in [-0.25, -0.2) is 0 Å². The molecule has 1 heterocycles. The number of fused-ring (bicyclic) bond motifs is 1. The third-order valence-corrected chi connectivity index (χ3v) is 4.28. The molecule has 2 aromatic rings. The van der Waals surface area contributed by atoms with Crippen molar-refractivity contribution in [1.29, 1.82) is 0 Å². The molecule has 0 radical (unpaired) electrons. The van der Waals surface area contributed by atoms with Gasteiger partial charge < -0.3 is 20.7 Å². The van der Waals surface area contributed by atoms with E-state index in [1.54, 1.807) is 12.1 Å². The van der Waals surface area contributed by atoms with Gasteiger partial charge in [0.1, 0.15) is 17.3 Å². The average molecular weight is 381 g/mol. The number of aryl methyl sites for hydroxylation is 1. The fraction of sp³-hybridized carbons (Fsp3) is 0.150. The summed E-state index contributed by atoms with van der Waals surface area (Å²) in [5.74, 6) is -0.0974. The van der Waals surface area contributed by atoms with Gasteiger partial charge in [0.05, 0.1) is 11.4 Å². The minimum Gasteiger partial charge on any atom is -0.484 e. The van der Waals surface area contributed by atoms with E-state index in [1.165, 1.54) is 0 Å². The molecule has 7 heteroatoms. The Balaban J connectivity index is 1.57. The van der Waals surface area contributed by atoms with Gasteiger partial charge in [-0.3, -0.25) is 9.59 Å². The Kier molecular flexibility index (Phi) is 5.52. The van der Waals surface area contributed by atoms with E-state index in [0.717, 1.165) is 16.8 Å². The summed E-state index contributed by atoms with van der Waals surface area (Å²) in [4.78, 5) is 25.1. The summed E-state index contributed by atoms with van der Waals surface area (Å²) >= 11 is 5.10. The lowest BCUT2D eigenvalue weighted by Crippen LogP contribution is -2.34. The van der Waals surface area contributed by atoms with E-state index >= 15 is 0 Å². The van der Waals surface area contributed by atoms with E-state index in [4.69, 9.17) is 17.0 Å². The summed E-state index contributed by atoms with van der Waals surface area (Å²) in [7, 11) is 0. The van der Waals surface area contributed by atoms with Crippen LogP contribution in [0.15, 0.2) is 54.7 Å². The third-order valence-electron chi connectivity index (χ3n) is 4.06. The molecule has 0 atom stereocenters. The van der Waals surface area contributed by atoms with Crippen LogP contribution < -0.4 is 20.7 Å². The molecule has 0 unspecified atom stereocenters. The van der Waals surface area contributed by atoms with E-state index in [0.29, 0.717) is 22.9 Å². The lowest BCUT2D eigenvalue weighted by Gasteiger charge is -2.20. The average Bonchev–Trinajstić information content (AvgIpc) is 2.65. The van der Waals surface area contributed by atoms with Gasteiger partial charge >= 0.3 is 0 Å². The summed E-state index contributed by atoms with van der Waals surface area (Å²) < 4.78 is 5.50. The maximum Gasteiger partial charge on any atom is 0.267 e. The quantitative estimate of drug-likeness (QED) is 0.548. The van der Waals surface area contributed by atoms with Crippen molar-refractivity contribution in [2.45, 2.75) is 13.5 Å². The lowest BCUT2D eigenvalue weighted by atomic mass is 10.1. The maximum atomic E-state index is 12.3. The molecule has 0 spiro atoms. The first-order chi connectivity index (χ1) is 12.9. The number of nitrogens with one attached hydrogen (secondary N) is 3. The lowest BCUT2D eigenvalue weighted by molar-refractivity contribution is -0.117. The summed E-state index contributed by atoms with van der Waals surface area (Å²) in [6.45, 7) is 6.12. The highest BCUT2D eigenvalue weighted by Gasteiger charge is 2.15. The number of hydrogen-bond donors (Lipinski definition) is 3. The molecule has 1 aliphatic heterocycles. The molecule has 1 aliphatic rings. The molecule has 0 saturated heterocycles. The highest BCUT2D eigenvalue weighted by molar-refractivity contribution is 7.80. The second kappa shape index (κ2) is 8.01. The Bertz CT molecular complexity index is 940. The Morgan fingerprint density at radius 3 is 2.81 bits per heavy atom. The molecular weight excluding hydrogens is 362 g/mol. The molecule has 2 aromatic carbocycles. The Morgan fingerprint density at radius 2 is 2.04 bits per heavy atom. The Labute approximate surface area is 162 Å². The highest BCUT2D eigenvalue weighted by Crippen LogP contribution is 2.28. The number of rotatable bonds is 5. The highest BCUT2D eigenvalue weighted by atomic mass is 32.1. The standard InChI is InChI=1S/C20H19N3O3S/c1-12-5-3-4-6-15(12)20(25)22-13(2)19(24)21-10-14-7-8-17-16(9-14)23-18(27)11-26-17/h3-9H,2,10-11H2,1H3,(H,21,24)(H,22,25)(H,23,27). The second-order valence-corrected chi connectivity index (χ2v) is 6.59. The molecule has 0 aromatic heterocycles. The minimum atomic E-state index is -0.450. The van der Waals surface area contributed by atoms with Crippen molar-refractivity contribution >= 4 is 34.7 Å². The summed E-state index contributed by atoms with van der Waals surface area (Å²) in [6, 6.07) is 12.7. The molecule has 27 heavy (non-hydrogen) atoms. The maximum absolute atomic E-state index is 12.3. The smallest absolute Gasteiger partial charge is 0.267 e. The zero-order valence-corrected chi connectivity index (χ0v) is 15.6. The second-order valence-electron chi connectivity index (χ2n) is 6.10. The molecule has 138 valence electrons. The van der Waals surface area contributed by atoms with Crippen molar-refractivity contribution in [2.75, 3.05) is 11.9 Å². The first-order valence-electron chi connectivity index (χ1n) is 8.33. The van der Waals surface area contributed by atoms with Crippen molar-refractivity contribution < 1.29 is 14.3 Å². The number of thiocarbonyl (C=S) groups is 1. The number of carbonyl (C=O) groups is 2. The molecular formula is C20H19N3O3S. The van der Waals surface area contributed by atoms with E-state index in [9.17, 15) is 9.59 Å². The summed E-state index contributed by atoms with van der Waals surface area (Å²) in [5.41, 5.74) is 2.95. The normalized spacial score (nSPS) is 12.3. The Hall–Kier alpha value is -3.19. The molecule has 6 nitrogen and oxygen atoms in total. The van der Waals surface area contributed by atoms with Gasteiger partial charge in [0, 0.05) is 12.1 Å². The SMILES string of the molecule is C=C(NC(=O)c1ccccc1C)C(=O)NCc1ccc2c(c1)NC(=S)CO2. The predicted octanol–water partition coefficient (Wildman–Crippen LogP) is 2.69. The van der Waals surface area contributed by atoms with Crippen LogP contribution >= 0.6 is 12.2 Å². The fourth-order valence-corrected chi connectivity index (χ4v) is 2.79. The molecule has 0 saturated carbocycles. The number of amides is 2. The molecule has 2 amide bonds. The molecule has 3 N–H and O–H groups in total. The predicted molar refractivity (Wildman–Crippen MR) is 108 cm³/mol. The first kappa shape index (κ1) is 18.6. The number of benzene rings is 2. The van der Waals surface area contributed by atoms with Crippen molar-refractivity contribution in [2.24, 2.45) is 0 Å².